The maximum atomic E-state index is 12.5. The molecule has 172 valence electrons. The number of alkyl halides is 3. The van der Waals surface area contributed by atoms with Gasteiger partial charge in [0.25, 0.3) is 0 Å². The average Bonchev–Trinajstić information content (AvgIpc) is 3.36. The number of aliphatic carboxylic acids is 1. The van der Waals surface area contributed by atoms with E-state index in [2.05, 4.69) is 9.97 Å². The summed E-state index contributed by atoms with van der Waals surface area (Å²) in [5, 5.41) is 7.12. The minimum Gasteiger partial charge on any atom is -0.486 e. The molecular weight excluding hydrogens is 431 g/mol. The first-order valence-electron chi connectivity index (χ1n) is 9.85. The van der Waals surface area contributed by atoms with Crippen molar-refractivity contribution >= 4 is 11.9 Å². The number of carboxylic acid groups (broad SMARTS) is 1. The van der Waals surface area contributed by atoms with Gasteiger partial charge < -0.3 is 19.5 Å². The van der Waals surface area contributed by atoms with Crippen molar-refractivity contribution in [2.24, 2.45) is 0 Å². The maximum absolute atomic E-state index is 12.5. The minimum absolute atomic E-state index is 0.00930. The monoisotopic (exact) mass is 453 g/mol. The van der Waals surface area contributed by atoms with E-state index >= 15 is 0 Å². The summed E-state index contributed by atoms with van der Waals surface area (Å²) in [5.74, 6) is -1.89. The molecule has 0 aromatic carbocycles. The predicted molar refractivity (Wildman–Crippen MR) is 105 cm³/mol. The van der Waals surface area contributed by atoms with Crippen molar-refractivity contribution in [3.63, 3.8) is 0 Å². The summed E-state index contributed by atoms with van der Waals surface area (Å²) in [4.78, 5) is 31.6. The molecule has 11 heteroatoms. The number of nitrogens with zero attached hydrogens (tertiary/aromatic N) is 3. The second-order valence-electron chi connectivity index (χ2n) is 7.49. The van der Waals surface area contributed by atoms with E-state index in [0.29, 0.717) is 19.6 Å². The van der Waals surface area contributed by atoms with Gasteiger partial charge >= 0.3 is 12.1 Å². The fraction of sp³-hybridized carbons (Fsp3) is 0.429. The van der Waals surface area contributed by atoms with Gasteiger partial charge in [-0.1, -0.05) is 6.07 Å². The standard InChI is InChI=1S/C19H21N3O3.C2HF3O2/c23-18(10-15-4-1-2-8-21-15)22-9-6-19(14-22)11-17(13-24-19)25-16-5-3-7-20-12-16;3-2(4,5)1(6)7/h1-5,7-8,12,17H,6,9-11,13-14H2;(H,6,7). The van der Waals surface area contributed by atoms with Crippen molar-refractivity contribution in [2.75, 3.05) is 19.7 Å². The predicted octanol–water partition coefficient (Wildman–Crippen LogP) is 2.49. The van der Waals surface area contributed by atoms with Gasteiger partial charge in [0.2, 0.25) is 5.91 Å². The maximum Gasteiger partial charge on any atom is 0.490 e. The SMILES string of the molecule is O=C(Cc1ccccn1)N1CCC2(CC(Oc3cccnc3)CO2)C1.O=C(O)C(F)(F)F. The number of amides is 1. The average molecular weight is 453 g/mol. The van der Waals surface area contributed by atoms with E-state index in [-0.39, 0.29) is 17.6 Å². The van der Waals surface area contributed by atoms with E-state index in [1.54, 1.807) is 18.6 Å². The Hall–Kier alpha value is -3.21. The van der Waals surface area contributed by atoms with Crippen molar-refractivity contribution in [1.29, 1.82) is 0 Å². The first-order chi connectivity index (χ1) is 15.2. The highest BCUT2D eigenvalue weighted by molar-refractivity contribution is 5.78. The molecule has 1 spiro atoms. The highest BCUT2D eigenvalue weighted by Crippen LogP contribution is 2.36. The normalized spacial score (nSPS) is 22.3. The number of likely N-dealkylation sites (tertiary alicyclic amines) is 1. The highest BCUT2D eigenvalue weighted by Gasteiger charge is 2.47. The molecule has 2 atom stereocenters. The van der Waals surface area contributed by atoms with Crippen LogP contribution in [0.15, 0.2) is 48.9 Å². The second kappa shape index (κ2) is 9.94. The first kappa shape index (κ1) is 23.5. The third kappa shape index (κ3) is 6.39. The Morgan fingerprint density at radius 2 is 2.03 bits per heavy atom. The lowest BCUT2D eigenvalue weighted by Gasteiger charge is -2.23. The molecule has 2 aromatic rings. The number of hydrogen-bond donors (Lipinski definition) is 1. The molecule has 0 radical (unpaired) electrons. The van der Waals surface area contributed by atoms with E-state index in [9.17, 15) is 18.0 Å². The third-order valence-corrected chi connectivity index (χ3v) is 5.08. The van der Waals surface area contributed by atoms with Gasteiger partial charge in [-0.15, -0.1) is 0 Å². The van der Waals surface area contributed by atoms with Gasteiger partial charge in [-0.05, 0) is 30.7 Å². The zero-order chi connectivity index (χ0) is 23.2. The van der Waals surface area contributed by atoms with Crippen LogP contribution in [0.4, 0.5) is 13.2 Å². The molecule has 2 aliphatic heterocycles. The Kier molecular flexibility index (Phi) is 7.29. The van der Waals surface area contributed by atoms with Crippen LogP contribution in [0.2, 0.25) is 0 Å². The molecule has 1 N–H and O–H groups in total. The van der Waals surface area contributed by atoms with E-state index in [1.165, 1.54) is 0 Å². The van der Waals surface area contributed by atoms with Gasteiger partial charge in [0, 0.05) is 37.6 Å². The van der Waals surface area contributed by atoms with Crippen LogP contribution in [0.25, 0.3) is 0 Å². The fourth-order valence-corrected chi connectivity index (χ4v) is 3.60. The van der Waals surface area contributed by atoms with Crippen molar-refractivity contribution in [3.8, 4) is 5.75 Å². The molecule has 8 nitrogen and oxygen atoms in total. The number of carbonyl (C=O) groups is 2. The van der Waals surface area contributed by atoms with Gasteiger partial charge in [-0.2, -0.15) is 13.2 Å². The summed E-state index contributed by atoms with van der Waals surface area (Å²) in [6, 6.07) is 9.40. The topological polar surface area (TPSA) is 102 Å². The van der Waals surface area contributed by atoms with Crippen LogP contribution >= 0.6 is 0 Å². The second-order valence-corrected chi connectivity index (χ2v) is 7.49. The summed E-state index contributed by atoms with van der Waals surface area (Å²) in [5.41, 5.74) is 0.533. The summed E-state index contributed by atoms with van der Waals surface area (Å²) >= 11 is 0. The van der Waals surface area contributed by atoms with Crippen LogP contribution in [0, 0.1) is 0 Å². The largest absolute Gasteiger partial charge is 0.490 e. The number of carboxylic acids is 1. The number of aromatic nitrogens is 2. The Labute approximate surface area is 182 Å². The molecule has 0 aliphatic carbocycles. The van der Waals surface area contributed by atoms with Gasteiger partial charge in [-0.3, -0.25) is 14.8 Å². The summed E-state index contributed by atoms with van der Waals surface area (Å²) in [6.45, 7) is 1.91. The zero-order valence-electron chi connectivity index (χ0n) is 17.0. The summed E-state index contributed by atoms with van der Waals surface area (Å²) < 4.78 is 43.8. The van der Waals surface area contributed by atoms with Crippen LogP contribution in [0.1, 0.15) is 18.5 Å². The number of hydrogen-bond acceptors (Lipinski definition) is 6. The van der Waals surface area contributed by atoms with Crippen molar-refractivity contribution < 1.29 is 37.3 Å². The van der Waals surface area contributed by atoms with E-state index in [0.717, 1.165) is 30.8 Å². The lowest BCUT2D eigenvalue weighted by molar-refractivity contribution is -0.192. The molecule has 2 aromatic heterocycles. The van der Waals surface area contributed by atoms with Gasteiger partial charge in [0.05, 0.1) is 24.8 Å². The number of rotatable bonds is 4. The zero-order valence-corrected chi connectivity index (χ0v) is 17.0. The van der Waals surface area contributed by atoms with Crippen LogP contribution in [0.3, 0.4) is 0 Å². The smallest absolute Gasteiger partial charge is 0.486 e. The Morgan fingerprint density at radius 3 is 2.66 bits per heavy atom. The molecule has 2 saturated heterocycles. The van der Waals surface area contributed by atoms with Gasteiger partial charge in [-0.25, -0.2) is 4.79 Å². The summed E-state index contributed by atoms with van der Waals surface area (Å²) in [6.07, 6.45) is 2.07. The highest BCUT2D eigenvalue weighted by atomic mass is 19.4. The Bertz CT molecular complexity index is 914. The molecule has 4 rings (SSSR count). The molecular formula is C21H22F3N3O5. The minimum atomic E-state index is -5.08. The number of pyridine rings is 2. The molecule has 4 heterocycles. The van der Waals surface area contributed by atoms with E-state index in [1.807, 2.05) is 35.2 Å². The molecule has 2 aliphatic rings. The summed E-state index contributed by atoms with van der Waals surface area (Å²) in [7, 11) is 0. The van der Waals surface area contributed by atoms with Gasteiger partial charge in [0.15, 0.2) is 0 Å². The van der Waals surface area contributed by atoms with Crippen LogP contribution in [-0.2, 0) is 20.7 Å². The number of halogens is 3. The lowest BCUT2D eigenvalue weighted by Crippen LogP contribution is -2.37. The van der Waals surface area contributed by atoms with Crippen molar-refractivity contribution in [1.82, 2.24) is 14.9 Å². The molecule has 0 saturated carbocycles. The Balaban J connectivity index is 0.000000360. The quantitative estimate of drug-likeness (QED) is 0.759. The number of ether oxygens (including phenoxy) is 2. The fourth-order valence-electron chi connectivity index (χ4n) is 3.60. The van der Waals surface area contributed by atoms with Crippen molar-refractivity contribution in [2.45, 2.75) is 37.1 Å². The van der Waals surface area contributed by atoms with E-state index < -0.39 is 12.1 Å². The Morgan fingerprint density at radius 1 is 1.25 bits per heavy atom. The van der Waals surface area contributed by atoms with E-state index in [4.69, 9.17) is 19.4 Å². The molecule has 2 fully saturated rings. The van der Waals surface area contributed by atoms with Crippen LogP contribution < -0.4 is 4.74 Å². The van der Waals surface area contributed by atoms with Crippen molar-refractivity contribution in [3.05, 3.63) is 54.6 Å². The molecule has 0 bridgehead atoms. The molecule has 2 unspecified atom stereocenters. The van der Waals surface area contributed by atoms with Crippen LogP contribution in [0.5, 0.6) is 5.75 Å². The third-order valence-electron chi connectivity index (χ3n) is 5.08. The molecule has 1 amide bonds. The molecule has 32 heavy (non-hydrogen) atoms. The first-order valence-corrected chi connectivity index (χ1v) is 9.85. The van der Waals surface area contributed by atoms with Gasteiger partial charge in [0.1, 0.15) is 11.9 Å². The number of carbonyl (C=O) groups excluding carboxylic acids is 1. The van der Waals surface area contributed by atoms with Crippen LogP contribution in [-0.4, -0.2) is 69.4 Å². The lowest BCUT2D eigenvalue weighted by atomic mass is 9.98.